The van der Waals surface area contributed by atoms with Crippen molar-refractivity contribution in [3.63, 3.8) is 0 Å². The summed E-state index contributed by atoms with van der Waals surface area (Å²) in [6, 6.07) is 14.0. The third-order valence-electron chi connectivity index (χ3n) is 4.92. The Morgan fingerprint density at radius 3 is 2.28 bits per heavy atom. The molecule has 2 heterocycles. The lowest BCUT2D eigenvalue weighted by Crippen LogP contribution is -2.29. The van der Waals surface area contributed by atoms with Crippen LogP contribution in [-0.2, 0) is 9.59 Å². The molecule has 2 N–H and O–H groups in total. The van der Waals surface area contributed by atoms with Gasteiger partial charge in [-0.2, -0.15) is 0 Å². The largest absolute Gasteiger partial charge is 0.508 e. The van der Waals surface area contributed by atoms with E-state index >= 15 is 0 Å². The average Bonchev–Trinajstić information content (AvgIpc) is 3.18. The number of hydrogen-bond donors (Lipinski definition) is 2. The predicted octanol–water partition coefficient (Wildman–Crippen LogP) is 4.09. The Labute approximate surface area is 171 Å². The third kappa shape index (κ3) is 3.19. The van der Waals surface area contributed by atoms with E-state index in [0.29, 0.717) is 16.3 Å². The summed E-state index contributed by atoms with van der Waals surface area (Å²) in [6.07, 6.45) is 0. The Kier molecular flexibility index (Phi) is 4.68. The van der Waals surface area contributed by atoms with Gasteiger partial charge in [0.15, 0.2) is 5.13 Å². The molecule has 4 rings (SSSR count). The van der Waals surface area contributed by atoms with E-state index in [1.54, 1.807) is 42.5 Å². The Morgan fingerprint density at radius 1 is 1.03 bits per heavy atom. The highest BCUT2D eigenvalue weighted by Crippen LogP contribution is 2.43. The van der Waals surface area contributed by atoms with Crippen molar-refractivity contribution >= 4 is 33.9 Å². The van der Waals surface area contributed by atoms with E-state index < -0.39 is 17.7 Å². The number of phenols is 1. The maximum atomic E-state index is 13.0. The van der Waals surface area contributed by atoms with E-state index in [1.165, 1.54) is 28.4 Å². The summed E-state index contributed by atoms with van der Waals surface area (Å²) in [5.41, 5.74) is 1.81. The van der Waals surface area contributed by atoms with E-state index in [1.807, 2.05) is 13.8 Å². The quantitative estimate of drug-likeness (QED) is 0.388. The molecule has 0 aliphatic carbocycles. The molecule has 1 amide bonds. The monoisotopic (exact) mass is 406 g/mol. The maximum absolute atomic E-state index is 13.0. The minimum absolute atomic E-state index is 0.00241. The van der Waals surface area contributed by atoms with Crippen molar-refractivity contribution < 1.29 is 19.8 Å². The van der Waals surface area contributed by atoms with E-state index in [2.05, 4.69) is 4.98 Å². The number of carbonyl (C=O) groups excluding carboxylic acids is 2. The summed E-state index contributed by atoms with van der Waals surface area (Å²) in [5, 5.41) is 21.0. The Balaban J connectivity index is 1.95. The van der Waals surface area contributed by atoms with Crippen molar-refractivity contribution in [2.24, 2.45) is 0 Å². The first-order chi connectivity index (χ1) is 13.9. The number of aryl methyl sites for hydroxylation is 2. The molecule has 0 saturated carbocycles. The van der Waals surface area contributed by atoms with Gasteiger partial charge in [-0.15, -0.1) is 11.3 Å². The molecular formula is C22H18N2O4S. The van der Waals surface area contributed by atoms with Crippen molar-refractivity contribution in [2.75, 3.05) is 4.90 Å². The van der Waals surface area contributed by atoms with Gasteiger partial charge in [-0.05, 0) is 31.5 Å². The topological polar surface area (TPSA) is 90.7 Å². The second-order valence-electron chi connectivity index (χ2n) is 6.76. The van der Waals surface area contributed by atoms with Gasteiger partial charge in [0.2, 0.25) is 0 Å². The van der Waals surface area contributed by atoms with Gasteiger partial charge < -0.3 is 10.2 Å². The smallest absolute Gasteiger partial charge is 0.301 e. The molecule has 1 atom stereocenters. The number of Topliss-reactive ketones (excluding diaryl/α,β-unsaturated/α-hetero) is 1. The number of benzene rings is 2. The van der Waals surface area contributed by atoms with Crippen molar-refractivity contribution in [2.45, 2.75) is 19.9 Å². The number of amides is 1. The minimum Gasteiger partial charge on any atom is -0.508 e. The first-order valence-electron chi connectivity index (χ1n) is 8.98. The Bertz CT molecular complexity index is 1110. The molecule has 0 spiro atoms. The van der Waals surface area contributed by atoms with Crippen LogP contribution in [0.3, 0.4) is 0 Å². The highest BCUT2D eigenvalue weighted by molar-refractivity contribution is 7.16. The van der Waals surface area contributed by atoms with Crippen LogP contribution in [0.2, 0.25) is 0 Å². The molecule has 29 heavy (non-hydrogen) atoms. The minimum atomic E-state index is -0.847. The second-order valence-corrected chi connectivity index (χ2v) is 7.95. The zero-order valence-electron chi connectivity index (χ0n) is 15.8. The van der Waals surface area contributed by atoms with Crippen LogP contribution in [-0.4, -0.2) is 26.9 Å². The van der Waals surface area contributed by atoms with Gasteiger partial charge >= 0.3 is 5.91 Å². The number of ketones is 1. The molecule has 146 valence electrons. The molecule has 1 fully saturated rings. The lowest BCUT2D eigenvalue weighted by Gasteiger charge is -2.23. The number of anilines is 1. The van der Waals surface area contributed by atoms with Crippen LogP contribution < -0.4 is 4.90 Å². The number of nitrogens with zero attached hydrogens (tertiary/aromatic N) is 2. The SMILES string of the molecule is Cc1nc(N2C(=O)C(=O)/C(=C(\O)c3ccccc3)C2c2ccc(O)cc2)sc1C. The van der Waals surface area contributed by atoms with Gasteiger partial charge in [0.05, 0.1) is 17.3 Å². The maximum Gasteiger partial charge on any atom is 0.301 e. The number of carbonyl (C=O) groups is 2. The zero-order chi connectivity index (χ0) is 20.7. The van der Waals surface area contributed by atoms with Crippen LogP contribution in [0.15, 0.2) is 60.2 Å². The first-order valence-corrected chi connectivity index (χ1v) is 9.79. The van der Waals surface area contributed by atoms with E-state index in [0.717, 1.165) is 10.6 Å². The molecule has 7 heteroatoms. The zero-order valence-corrected chi connectivity index (χ0v) is 16.6. The van der Waals surface area contributed by atoms with Gasteiger partial charge in [-0.25, -0.2) is 4.98 Å². The van der Waals surface area contributed by atoms with Gasteiger partial charge in [0, 0.05) is 10.4 Å². The number of aliphatic hydroxyl groups excluding tert-OH is 1. The molecule has 0 radical (unpaired) electrons. The fraction of sp³-hybridized carbons (Fsp3) is 0.136. The first kappa shape index (κ1) is 18.9. The summed E-state index contributed by atoms with van der Waals surface area (Å²) in [7, 11) is 0. The summed E-state index contributed by atoms with van der Waals surface area (Å²) in [5.74, 6) is -1.69. The lowest BCUT2D eigenvalue weighted by atomic mass is 9.95. The highest BCUT2D eigenvalue weighted by Gasteiger charge is 2.48. The Hall–Kier alpha value is -3.45. The lowest BCUT2D eigenvalue weighted by molar-refractivity contribution is -0.132. The standard InChI is InChI=1S/C22H18N2O4S/c1-12-13(2)29-22(23-12)24-18(14-8-10-16(25)11-9-14)17(20(27)21(24)28)19(26)15-6-4-3-5-7-15/h3-11,18,25-26H,1-2H3/b19-17-. The summed E-state index contributed by atoms with van der Waals surface area (Å²) in [6.45, 7) is 3.73. The van der Waals surface area contributed by atoms with E-state index in [-0.39, 0.29) is 17.1 Å². The number of aliphatic hydroxyl groups is 1. The van der Waals surface area contributed by atoms with Crippen LogP contribution in [0.25, 0.3) is 5.76 Å². The van der Waals surface area contributed by atoms with Crippen LogP contribution in [0.4, 0.5) is 5.13 Å². The summed E-state index contributed by atoms with van der Waals surface area (Å²) < 4.78 is 0. The molecule has 3 aromatic rings. The van der Waals surface area contributed by atoms with Crippen molar-refractivity contribution in [3.8, 4) is 5.75 Å². The van der Waals surface area contributed by atoms with Crippen molar-refractivity contribution in [3.05, 3.63) is 81.9 Å². The van der Waals surface area contributed by atoms with Gasteiger partial charge in [-0.3, -0.25) is 14.5 Å². The second kappa shape index (κ2) is 7.18. The van der Waals surface area contributed by atoms with Gasteiger partial charge in [-0.1, -0.05) is 42.5 Å². The molecule has 6 nitrogen and oxygen atoms in total. The van der Waals surface area contributed by atoms with Gasteiger partial charge in [0.1, 0.15) is 11.5 Å². The number of rotatable bonds is 3. The molecule has 1 aromatic heterocycles. The Morgan fingerprint density at radius 2 is 1.69 bits per heavy atom. The van der Waals surface area contributed by atoms with Gasteiger partial charge in [0.25, 0.3) is 5.78 Å². The molecule has 2 aromatic carbocycles. The fourth-order valence-corrected chi connectivity index (χ4v) is 4.25. The van der Waals surface area contributed by atoms with E-state index in [9.17, 15) is 19.8 Å². The van der Waals surface area contributed by atoms with Crippen molar-refractivity contribution in [1.29, 1.82) is 0 Å². The third-order valence-corrected chi connectivity index (χ3v) is 6.00. The predicted molar refractivity (Wildman–Crippen MR) is 111 cm³/mol. The number of thiazole rings is 1. The van der Waals surface area contributed by atoms with Crippen LogP contribution >= 0.6 is 11.3 Å². The number of phenolic OH excluding ortho intramolecular Hbond substituents is 1. The summed E-state index contributed by atoms with van der Waals surface area (Å²) in [4.78, 5) is 32.7. The normalized spacial score (nSPS) is 18.4. The molecule has 1 aliphatic heterocycles. The highest BCUT2D eigenvalue weighted by atomic mass is 32.1. The molecule has 1 aliphatic rings. The average molecular weight is 406 g/mol. The summed E-state index contributed by atoms with van der Waals surface area (Å²) >= 11 is 1.32. The van der Waals surface area contributed by atoms with Crippen LogP contribution in [0.5, 0.6) is 5.75 Å². The molecule has 0 bridgehead atoms. The number of hydrogen-bond acceptors (Lipinski definition) is 6. The van der Waals surface area contributed by atoms with Crippen LogP contribution in [0.1, 0.15) is 27.7 Å². The fourth-order valence-electron chi connectivity index (χ4n) is 3.31. The molecule has 1 saturated heterocycles. The number of aromatic nitrogens is 1. The number of aromatic hydroxyl groups is 1. The molecule has 1 unspecified atom stereocenters. The molecular weight excluding hydrogens is 388 g/mol. The van der Waals surface area contributed by atoms with Crippen molar-refractivity contribution in [1.82, 2.24) is 4.98 Å². The van der Waals surface area contributed by atoms with E-state index in [4.69, 9.17) is 0 Å². The van der Waals surface area contributed by atoms with Crippen LogP contribution in [0, 0.1) is 13.8 Å².